The molecule has 0 aromatic heterocycles. The highest BCUT2D eigenvalue weighted by Gasteiger charge is 2.17. The van der Waals surface area contributed by atoms with Gasteiger partial charge in [0.05, 0.1) is 6.04 Å². The molecule has 2 atom stereocenters. The summed E-state index contributed by atoms with van der Waals surface area (Å²) in [6.45, 7) is 4.20. The SMILES string of the molecule is COC(OC)C(C)NC(C)CCc1ccc(O)cc1. The average molecular weight is 267 g/mol. The Bertz CT molecular complexity index is 349. The second-order valence-corrected chi connectivity index (χ2v) is 4.90. The third-order valence-electron chi connectivity index (χ3n) is 3.22. The summed E-state index contributed by atoms with van der Waals surface area (Å²) in [6, 6.07) is 7.88. The molecule has 0 saturated heterocycles. The molecule has 4 nitrogen and oxygen atoms in total. The average Bonchev–Trinajstić information content (AvgIpc) is 2.39. The third kappa shape index (κ3) is 5.59. The van der Waals surface area contributed by atoms with Crippen molar-refractivity contribution in [2.45, 2.75) is 45.1 Å². The second-order valence-electron chi connectivity index (χ2n) is 4.90. The van der Waals surface area contributed by atoms with Crippen LogP contribution in [0.1, 0.15) is 25.8 Å². The standard InChI is InChI=1S/C15H25NO3/c1-11(16-12(2)15(18-3)19-4)5-6-13-7-9-14(17)10-8-13/h7-12,15-17H,5-6H2,1-4H3. The molecule has 0 amide bonds. The molecule has 19 heavy (non-hydrogen) atoms. The van der Waals surface area contributed by atoms with E-state index >= 15 is 0 Å². The maximum absolute atomic E-state index is 9.23. The number of ether oxygens (including phenoxy) is 2. The van der Waals surface area contributed by atoms with E-state index in [0.29, 0.717) is 11.8 Å². The van der Waals surface area contributed by atoms with Gasteiger partial charge in [0.25, 0.3) is 0 Å². The Balaban J connectivity index is 2.34. The fraction of sp³-hybridized carbons (Fsp3) is 0.600. The van der Waals surface area contributed by atoms with Gasteiger partial charge in [0.1, 0.15) is 5.75 Å². The van der Waals surface area contributed by atoms with Crippen LogP contribution in [0.2, 0.25) is 0 Å². The molecular weight excluding hydrogens is 242 g/mol. The van der Waals surface area contributed by atoms with Gasteiger partial charge in [-0.15, -0.1) is 0 Å². The molecule has 0 fully saturated rings. The van der Waals surface area contributed by atoms with E-state index in [0.717, 1.165) is 12.8 Å². The van der Waals surface area contributed by atoms with Crippen molar-refractivity contribution in [2.24, 2.45) is 0 Å². The molecular formula is C15H25NO3. The topological polar surface area (TPSA) is 50.7 Å². The van der Waals surface area contributed by atoms with Crippen molar-refractivity contribution in [3.63, 3.8) is 0 Å². The van der Waals surface area contributed by atoms with E-state index in [4.69, 9.17) is 9.47 Å². The lowest BCUT2D eigenvalue weighted by molar-refractivity contribution is -0.120. The summed E-state index contributed by atoms with van der Waals surface area (Å²) in [6.07, 6.45) is 1.78. The lowest BCUT2D eigenvalue weighted by Crippen LogP contribution is -2.44. The van der Waals surface area contributed by atoms with Crippen molar-refractivity contribution in [2.75, 3.05) is 14.2 Å². The van der Waals surface area contributed by atoms with E-state index in [-0.39, 0.29) is 12.3 Å². The van der Waals surface area contributed by atoms with Crippen LogP contribution in [0, 0.1) is 0 Å². The normalized spacial score (nSPS) is 14.6. The number of phenolic OH excluding ortho intramolecular Hbond substituents is 1. The zero-order chi connectivity index (χ0) is 14.3. The van der Waals surface area contributed by atoms with E-state index in [1.807, 2.05) is 12.1 Å². The van der Waals surface area contributed by atoms with Gasteiger partial charge in [0.15, 0.2) is 6.29 Å². The van der Waals surface area contributed by atoms with E-state index in [2.05, 4.69) is 19.2 Å². The van der Waals surface area contributed by atoms with Gasteiger partial charge in [-0.2, -0.15) is 0 Å². The largest absolute Gasteiger partial charge is 0.508 e. The predicted molar refractivity (Wildman–Crippen MR) is 76.3 cm³/mol. The molecule has 0 aliphatic rings. The Morgan fingerprint density at radius 1 is 1.11 bits per heavy atom. The van der Waals surface area contributed by atoms with E-state index in [1.54, 1.807) is 26.4 Å². The fourth-order valence-electron chi connectivity index (χ4n) is 2.16. The third-order valence-corrected chi connectivity index (χ3v) is 3.22. The molecule has 108 valence electrons. The van der Waals surface area contributed by atoms with Gasteiger partial charge < -0.3 is 19.9 Å². The lowest BCUT2D eigenvalue weighted by atomic mass is 10.1. The summed E-state index contributed by atoms with van der Waals surface area (Å²) >= 11 is 0. The van der Waals surface area contributed by atoms with Crippen LogP contribution in [-0.2, 0) is 15.9 Å². The maximum atomic E-state index is 9.23. The molecule has 1 aromatic rings. The molecule has 2 unspecified atom stereocenters. The summed E-state index contributed by atoms with van der Waals surface area (Å²) in [5.74, 6) is 0.312. The van der Waals surface area contributed by atoms with Crippen LogP contribution in [0.15, 0.2) is 24.3 Å². The van der Waals surface area contributed by atoms with Gasteiger partial charge in [-0.1, -0.05) is 12.1 Å². The molecule has 0 spiro atoms. The van der Waals surface area contributed by atoms with Gasteiger partial charge in [0.2, 0.25) is 0 Å². The second kappa shape index (κ2) is 8.15. The number of rotatable bonds is 8. The highest BCUT2D eigenvalue weighted by molar-refractivity contribution is 5.25. The van der Waals surface area contributed by atoms with Gasteiger partial charge in [-0.05, 0) is 44.4 Å². The molecule has 1 aromatic carbocycles. The van der Waals surface area contributed by atoms with Crippen molar-refractivity contribution in [1.82, 2.24) is 5.32 Å². The van der Waals surface area contributed by atoms with Crippen molar-refractivity contribution in [3.05, 3.63) is 29.8 Å². The number of aromatic hydroxyl groups is 1. The van der Waals surface area contributed by atoms with Gasteiger partial charge >= 0.3 is 0 Å². The smallest absolute Gasteiger partial charge is 0.171 e. The number of hydrogen-bond acceptors (Lipinski definition) is 4. The minimum absolute atomic E-state index is 0.143. The highest BCUT2D eigenvalue weighted by Crippen LogP contribution is 2.12. The first kappa shape index (κ1) is 16.0. The Hall–Kier alpha value is -1.10. The summed E-state index contributed by atoms with van der Waals surface area (Å²) in [5.41, 5.74) is 1.23. The van der Waals surface area contributed by atoms with Crippen LogP contribution in [0.4, 0.5) is 0 Å². The minimum Gasteiger partial charge on any atom is -0.508 e. The highest BCUT2D eigenvalue weighted by atomic mass is 16.7. The summed E-state index contributed by atoms with van der Waals surface area (Å²) in [4.78, 5) is 0. The number of benzene rings is 1. The predicted octanol–water partition coefficient (Wildman–Crippen LogP) is 2.31. The van der Waals surface area contributed by atoms with E-state index in [1.165, 1.54) is 5.56 Å². The van der Waals surface area contributed by atoms with Crippen LogP contribution in [0.5, 0.6) is 5.75 Å². The van der Waals surface area contributed by atoms with Gasteiger partial charge in [0, 0.05) is 20.3 Å². The molecule has 0 heterocycles. The molecule has 4 heteroatoms. The van der Waals surface area contributed by atoms with Gasteiger partial charge in [-0.25, -0.2) is 0 Å². The summed E-state index contributed by atoms with van der Waals surface area (Å²) in [5, 5.41) is 12.7. The molecule has 0 bridgehead atoms. The molecule has 1 rings (SSSR count). The first-order chi connectivity index (χ1) is 9.06. The molecule has 2 N–H and O–H groups in total. The first-order valence-corrected chi connectivity index (χ1v) is 6.66. The number of aryl methyl sites for hydroxylation is 1. The molecule has 0 aliphatic carbocycles. The Labute approximate surface area is 115 Å². The van der Waals surface area contributed by atoms with Crippen LogP contribution in [0.25, 0.3) is 0 Å². The van der Waals surface area contributed by atoms with Crippen molar-refractivity contribution < 1.29 is 14.6 Å². The summed E-state index contributed by atoms with van der Waals surface area (Å²) in [7, 11) is 3.29. The first-order valence-electron chi connectivity index (χ1n) is 6.66. The van der Waals surface area contributed by atoms with E-state index in [9.17, 15) is 5.11 Å². The Morgan fingerprint density at radius 3 is 2.21 bits per heavy atom. The number of phenols is 1. The zero-order valence-corrected chi connectivity index (χ0v) is 12.2. The quantitative estimate of drug-likeness (QED) is 0.710. The van der Waals surface area contributed by atoms with Crippen molar-refractivity contribution in [3.8, 4) is 5.75 Å². The maximum Gasteiger partial charge on any atom is 0.171 e. The van der Waals surface area contributed by atoms with Crippen LogP contribution < -0.4 is 5.32 Å². The molecule has 0 saturated carbocycles. The summed E-state index contributed by atoms with van der Waals surface area (Å²) < 4.78 is 10.5. The number of hydrogen-bond donors (Lipinski definition) is 2. The van der Waals surface area contributed by atoms with Crippen LogP contribution in [-0.4, -0.2) is 37.7 Å². The van der Waals surface area contributed by atoms with Crippen LogP contribution in [0.3, 0.4) is 0 Å². The van der Waals surface area contributed by atoms with E-state index < -0.39 is 0 Å². The lowest BCUT2D eigenvalue weighted by Gasteiger charge is -2.25. The van der Waals surface area contributed by atoms with Gasteiger partial charge in [-0.3, -0.25) is 0 Å². The Kier molecular flexibility index (Phi) is 6.84. The molecule has 0 aliphatic heterocycles. The fourth-order valence-corrected chi connectivity index (χ4v) is 2.16. The van der Waals surface area contributed by atoms with Crippen molar-refractivity contribution >= 4 is 0 Å². The number of nitrogens with one attached hydrogen (secondary N) is 1. The molecule has 0 radical (unpaired) electrons. The Morgan fingerprint density at radius 2 is 1.68 bits per heavy atom. The zero-order valence-electron chi connectivity index (χ0n) is 12.2. The van der Waals surface area contributed by atoms with Crippen molar-refractivity contribution in [1.29, 1.82) is 0 Å². The monoisotopic (exact) mass is 267 g/mol. The minimum atomic E-state index is -0.226. The number of methoxy groups -OCH3 is 2. The van der Waals surface area contributed by atoms with Crippen LogP contribution >= 0.6 is 0 Å².